The van der Waals surface area contributed by atoms with Crippen molar-refractivity contribution in [3.63, 3.8) is 0 Å². The predicted octanol–water partition coefficient (Wildman–Crippen LogP) is 4.37. The van der Waals surface area contributed by atoms with Crippen molar-refractivity contribution in [2.24, 2.45) is 12.1 Å². The van der Waals surface area contributed by atoms with E-state index in [-0.39, 0.29) is 86.9 Å². The molecule has 0 radical (unpaired) electrons. The number of alkyl carbamates (subject to hydrolysis) is 1. The van der Waals surface area contributed by atoms with Gasteiger partial charge in [-0.2, -0.15) is 15.5 Å². The highest BCUT2D eigenvalue weighted by Crippen LogP contribution is 2.42. The van der Waals surface area contributed by atoms with Gasteiger partial charge in [-0.15, -0.1) is 0 Å². The number of anilines is 1. The zero-order chi connectivity index (χ0) is 38.8. The number of fused-ring (bicyclic) bond motifs is 1. The lowest BCUT2D eigenvalue weighted by Crippen LogP contribution is -2.37. The number of carbonyl (C=O) groups excluding carboxylic acids is 2. The van der Waals surface area contributed by atoms with Crippen molar-refractivity contribution in [1.82, 2.24) is 30.4 Å². The zero-order valence-electron chi connectivity index (χ0n) is 31.0. The molecule has 3 N–H and O–H groups in total. The molecule has 0 saturated heterocycles. The Bertz CT molecular complexity index is 2250. The Morgan fingerprint density at radius 1 is 1.24 bits per heavy atom. The summed E-state index contributed by atoms with van der Waals surface area (Å²) in [5.74, 6) is 6.58. The van der Waals surface area contributed by atoms with E-state index in [1.54, 1.807) is 51.1 Å². The smallest absolute Gasteiger partial charge is 0.407 e. The molecule has 51 heavy (non-hydrogen) atoms. The van der Waals surface area contributed by atoms with Crippen LogP contribution in [0.15, 0.2) is 48.4 Å². The van der Waals surface area contributed by atoms with Crippen LogP contribution in [-0.4, -0.2) is 69.2 Å². The zero-order valence-corrected chi connectivity index (χ0v) is 28.0. The number of aryl methyl sites for hydroxylation is 1. The van der Waals surface area contributed by atoms with E-state index >= 15 is 4.39 Å². The highest BCUT2D eigenvalue weighted by Gasteiger charge is 2.32. The maximum Gasteiger partial charge on any atom is 0.407 e. The van der Waals surface area contributed by atoms with Crippen LogP contribution < -0.4 is 20.8 Å². The number of rotatable bonds is 8. The Kier molecular flexibility index (Phi) is 8.44. The second-order valence-corrected chi connectivity index (χ2v) is 12.5. The molecule has 4 heterocycles. The van der Waals surface area contributed by atoms with E-state index in [0.29, 0.717) is 0 Å². The van der Waals surface area contributed by atoms with E-state index in [2.05, 4.69) is 49.2 Å². The van der Waals surface area contributed by atoms with Crippen LogP contribution in [0.1, 0.15) is 60.0 Å². The molecule has 260 valence electrons. The van der Waals surface area contributed by atoms with Gasteiger partial charge in [-0.05, 0) is 39.7 Å². The summed E-state index contributed by atoms with van der Waals surface area (Å²) in [6.07, 6.45) is 8.28. The highest BCUT2D eigenvalue weighted by molar-refractivity contribution is 6.12. The average molecular weight is 695 g/mol. The Morgan fingerprint density at radius 3 is 2.71 bits per heavy atom. The monoisotopic (exact) mass is 694 g/mol. The Morgan fingerprint density at radius 2 is 2.02 bits per heavy atom. The lowest BCUT2D eigenvalue weighted by molar-refractivity contribution is 0.0536. The first-order valence-electron chi connectivity index (χ1n) is 17.2. The van der Waals surface area contributed by atoms with Crippen LogP contribution in [-0.2, 0) is 21.3 Å². The van der Waals surface area contributed by atoms with Gasteiger partial charge in [0.25, 0.3) is 0 Å². The predicted molar refractivity (Wildman–Crippen MR) is 186 cm³/mol. The third-order valence-corrected chi connectivity index (χ3v) is 7.66. The maximum atomic E-state index is 16.8. The number of nitrogens with one attached hydrogen (secondary N) is 3. The first-order valence-corrected chi connectivity index (χ1v) is 15.7. The van der Waals surface area contributed by atoms with Crippen molar-refractivity contribution in [2.75, 3.05) is 25.4 Å². The van der Waals surface area contributed by atoms with E-state index in [1.165, 1.54) is 35.5 Å². The molecule has 1 saturated carbocycles. The fourth-order valence-corrected chi connectivity index (χ4v) is 5.26. The number of amides is 1. The summed E-state index contributed by atoms with van der Waals surface area (Å²) < 4.78 is 58.5. The molecule has 1 fully saturated rings. The SMILES string of the molecule is [2H]C([2H])([2H])Nc1nc(-c2cnn(C)c2-c2c(F)c(C#CCN3C=COC=C3)cc(OC3CC3)c2C#N)cc2c1C(=C=O)NN=C2CNC(=O)OC(C)(C)C. The number of aromatic nitrogens is 3. The molecule has 15 heteroatoms. The minimum absolute atomic E-state index is 0.0116. The second-order valence-electron chi connectivity index (χ2n) is 12.5. The van der Waals surface area contributed by atoms with Crippen molar-refractivity contribution in [3.8, 4) is 46.2 Å². The molecule has 2 aliphatic heterocycles. The Balaban J connectivity index is 1.52. The topological polar surface area (TPSA) is 168 Å². The minimum atomic E-state index is -2.79. The van der Waals surface area contributed by atoms with E-state index in [1.807, 2.05) is 0 Å². The maximum absolute atomic E-state index is 16.8. The number of hydrogen-bond donors (Lipinski definition) is 3. The van der Waals surface area contributed by atoms with Crippen molar-refractivity contribution in [1.29, 1.82) is 5.26 Å². The summed E-state index contributed by atoms with van der Waals surface area (Å²) in [6, 6.07) is 4.99. The molecule has 1 aromatic carbocycles. The van der Waals surface area contributed by atoms with Crippen molar-refractivity contribution < 1.29 is 32.3 Å². The summed E-state index contributed by atoms with van der Waals surface area (Å²) in [5, 5.41) is 24.0. The van der Waals surface area contributed by atoms with Crippen LogP contribution in [0.25, 0.3) is 28.2 Å². The fraction of sp³-hybridized carbons (Fsp3) is 0.306. The lowest BCUT2D eigenvalue weighted by atomic mass is 9.94. The number of hydrogen-bond acceptors (Lipinski definition) is 12. The number of nitriles is 1. The molecule has 1 aliphatic carbocycles. The van der Waals surface area contributed by atoms with Gasteiger partial charge in [-0.1, -0.05) is 11.8 Å². The standard InChI is InChI=1S/C36H34FN9O5/c1-36(2,3)51-35(48)40-19-27-23-16-26(42-34(39-4)30(23)28(20-47)44-43-27)25-18-41-45(5)33(25)31-24(17-38)29(50-22-8-9-22)15-21(32(31)37)7-6-10-46-11-13-49-14-12-46/h11-16,18,22,44H,8-10,19H2,1-5H3,(H,39,42)(H,40,48)/i4D3. The van der Waals surface area contributed by atoms with Gasteiger partial charge in [0, 0.05) is 47.7 Å². The van der Waals surface area contributed by atoms with Gasteiger partial charge in [-0.3, -0.25) is 10.1 Å². The number of carbonyl (C=O) groups is 1. The Hall–Kier alpha value is -6.57. The number of pyridine rings is 1. The molecular weight excluding hydrogens is 657 g/mol. The molecule has 14 nitrogen and oxygen atoms in total. The van der Waals surface area contributed by atoms with E-state index in [4.69, 9.17) is 18.3 Å². The molecular formula is C36H34FN9O5. The van der Waals surface area contributed by atoms with Gasteiger partial charge >= 0.3 is 6.09 Å². The Labute approximate surface area is 297 Å². The molecule has 0 atom stereocenters. The number of nitrogens with zero attached hydrogens (tertiary/aromatic N) is 6. The summed E-state index contributed by atoms with van der Waals surface area (Å²) in [6.45, 7) is 2.29. The summed E-state index contributed by atoms with van der Waals surface area (Å²) >= 11 is 0. The van der Waals surface area contributed by atoms with Gasteiger partial charge in [0.1, 0.15) is 47.1 Å². The minimum Gasteiger partial charge on any atom is -0.489 e. The summed E-state index contributed by atoms with van der Waals surface area (Å²) in [4.78, 5) is 31.0. The lowest BCUT2D eigenvalue weighted by Gasteiger charge is -2.23. The van der Waals surface area contributed by atoms with Gasteiger partial charge in [0.2, 0.25) is 0 Å². The third kappa shape index (κ3) is 7.39. The van der Waals surface area contributed by atoms with Gasteiger partial charge in [-0.25, -0.2) is 19.0 Å². The van der Waals surface area contributed by atoms with Crippen LogP contribution in [0.5, 0.6) is 5.75 Å². The molecule has 0 bridgehead atoms. The van der Waals surface area contributed by atoms with Crippen LogP contribution in [0.2, 0.25) is 0 Å². The second kappa shape index (κ2) is 14.1. The van der Waals surface area contributed by atoms with Gasteiger partial charge in [0.05, 0.1) is 59.2 Å². The first kappa shape index (κ1) is 30.5. The number of halogens is 1. The third-order valence-electron chi connectivity index (χ3n) is 7.66. The average Bonchev–Trinajstić information content (AvgIpc) is 3.85. The quantitative estimate of drug-likeness (QED) is 0.226. The fourth-order valence-electron chi connectivity index (χ4n) is 5.26. The molecule has 1 amide bonds. The van der Waals surface area contributed by atoms with Crippen LogP contribution in [0, 0.1) is 29.0 Å². The summed E-state index contributed by atoms with van der Waals surface area (Å²) in [7, 11) is 1.55. The molecule has 2 aromatic heterocycles. The first-order chi connectivity index (χ1) is 25.7. The molecule has 0 unspecified atom stereocenters. The molecule has 0 spiro atoms. The van der Waals surface area contributed by atoms with Gasteiger partial charge < -0.3 is 29.7 Å². The van der Waals surface area contributed by atoms with Crippen molar-refractivity contribution >= 4 is 29.3 Å². The van der Waals surface area contributed by atoms with E-state index < -0.39 is 24.5 Å². The van der Waals surface area contributed by atoms with E-state index in [0.717, 1.165) is 12.8 Å². The normalized spacial score (nSPS) is 15.6. The highest BCUT2D eigenvalue weighted by atomic mass is 19.1. The molecule has 3 aliphatic rings. The van der Waals surface area contributed by atoms with Gasteiger partial charge in [0.15, 0.2) is 11.6 Å². The summed E-state index contributed by atoms with van der Waals surface area (Å²) in [5.41, 5.74) is 1.95. The van der Waals surface area contributed by atoms with Crippen LogP contribution >= 0.6 is 0 Å². The van der Waals surface area contributed by atoms with Crippen molar-refractivity contribution in [3.05, 3.63) is 71.3 Å². The molecule has 3 aromatic rings. The van der Waals surface area contributed by atoms with Crippen molar-refractivity contribution in [2.45, 2.75) is 45.3 Å². The molecule has 6 rings (SSSR count). The van der Waals surface area contributed by atoms with Crippen LogP contribution in [0.4, 0.5) is 15.0 Å². The largest absolute Gasteiger partial charge is 0.489 e. The number of ether oxygens (including phenoxy) is 3. The number of hydrazone groups is 1. The van der Waals surface area contributed by atoms with Crippen LogP contribution in [0.3, 0.4) is 0 Å². The number of benzene rings is 1. The van der Waals surface area contributed by atoms with E-state index in [9.17, 15) is 14.9 Å².